The van der Waals surface area contributed by atoms with Crippen molar-refractivity contribution in [2.24, 2.45) is 0 Å². The molecule has 0 spiro atoms. The summed E-state index contributed by atoms with van der Waals surface area (Å²) in [6.45, 7) is 7.56. The summed E-state index contributed by atoms with van der Waals surface area (Å²) in [5, 5.41) is 6.35. The van der Waals surface area contributed by atoms with E-state index >= 15 is 0 Å². The normalized spacial score (nSPS) is 14.4. The molecule has 2 heterocycles. The predicted molar refractivity (Wildman–Crippen MR) is 113 cm³/mol. The molecule has 2 N–H and O–H groups in total. The lowest BCUT2D eigenvalue weighted by atomic mass is 10.1. The van der Waals surface area contributed by atoms with E-state index in [0.29, 0.717) is 25.4 Å². The van der Waals surface area contributed by atoms with Crippen LogP contribution >= 0.6 is 0 Å². The Morgan fingerprint density at radius 2 is 1.86 bits per heavy atom. The number of ether oxygens (including phenoxy) is 1. The Labute approximate surface area is 171 Å². The van der Waals surface area contributed by atoms with Crippen molar-refractivity contribution in [1.29, 1.82) is 0 Å². The van der Waals surface area contributed by atoms with Crippen molar-refractivity contribution < 1.29 is 14.3 Å². The van der Waals surface area contributed by atoms with Crippen molar-refractivity contribution in [3.05, 3.63) is 53.3 Å². The summed E-state index contributed by atoms with van der Waals surface area (Å²) in [5.74, 6) is -0.242. The Bertz CT molecular complexity index is 876. The number of pyridine rings is 1. The van der Waals surface area contributed by atoms with Crippen LogP contribution in [-0.2, 0) is 4.74 Å². The van der Waals surface area contributed by atoms with E-state index in [1.54, 1.807) is 17.2 Å². The molecule has 0 radical (unpaired) electrons. The number of nitrogens with zero attached hydrogens (tertiary/aromatic N) is 2. The number of aryl methyl sites for hydroxylation is 2. The highest BCUT2D eigenvalue weighted by atomic mass is 16.6. The highest BCUT2D eigenvalue weighted by Crippen LogP contribution is 2.19. The number of piperidine rings is 1. The molecule has 154 valence electrons. The molecule has 7 nitrogen and oxygen atoms in total. The van der Waals surface area contributed by atoms with Gasteiger partial charge < -0.3 is 20.3 Å². The first-order chi connectivity index (χ1) is 14.0. The number of hydrogen-bond acceptors (Lipinski definition) is 5. The number of carbonyl (C=O) groups excluding carboxylic acids is 2. The molecule has 1 aliphatic heterocycles. The van der Waals surface area contributed by atoms with Gasteiger partial charge in [-0.2, -0.15) is 0 Å². The predicted octanol–water partition coefficient (Wildman–Crippen LogP) is 3.98. The van der Waals surface area contributed by atoms with Gasteiger partial charge in [0, 0.05) is 36.7 Å². The molecule has 0 aliphatic carbocycles. The largest absolute Gasteiger partial charge is 0.450 e. The van der Waals surface area contributed by atoms with E-state index in [-0.39, 0.29) is 18.0 Å². The van der Waals surface area contributed by atoms with Crippen molar-refractivity contribution >= 4 is 23.4 Å². The molecule has 0 saturated carbocycles. The third-order valence-corrected chi connectivity index (χ3v) is 5.15. The molecule has 0 bridgehead atoms. The minimum Gasteiger partial charge on any atom is -0.450 e. The first-order valence-corrected chi connectivity index (χ1v) is 9.99. The summed E-state index contributed by atoms with van der Waals surface area (Å²) in [6, 6.07) is 9.67. The second-order valence-corrected chi connectivity index (χ2v) is 7.29. The lowest BCUT2D eigenvalue weighted by molar-refractivity contribution is 0.0981. The molecule has 2 aromatic rings. The maximum absolute atomic E-state index is 12.6. The monoisotopic (exact) mass is 396 g/mol. The van der Waals surface area contributed by atoms with Crippen LogP contribution < -0.4 is 10.6 Å². The van der Waals surface area contributed by atoms with Gasteiger partial charge in [0.2, 0.25) is 0 Å². The number of hydrogen-bond donors (Lipinski definition) is 2. The topological polar surface area (TPSA) is 83.6 Å². The van der Waals surface area contributed by atoms with Crippen molar-refractivity contribution in [2.45, 2.75) is 39.7 Å². The SMILES string of the molecule is CCOC(=O)N1CCC(Nc2ccnc(C(=O)Nc3ccc(C)c(C)c3)c2)CC1. The van der Waals surface area contributed by atoms with Gasteiger partial charge >= 0.3 is 6.09 Å². The molecule has 1 aromatic heterocycles. The molecule has 1 fully saturated rings. The molecule has 29 heavy (non-hydrogen) atoms. The Kier molecular flexibility index (Phi) is 6.69. The smallest absolute Gasteiger partial charge is 0.409 e. The number of amides is 2. The van der Waals surface area contributed by atoms with Crippen molar-refractivity contribution in [3.8, 4) is 0 Å². The van der Waals surface area contributed by atoms with Gasteiger partial charge in [0.25, 0.3) is 5.91 Å². The van der Waals surface area contributed by atoms with Crippen LogP contribution in [0.25, 0.3) is 0 Å². The molecule has 1 saturated heterocycles. The molecule has 2 amide bonds. The summed E-state index contributed by atoms with van der Waals surface area (Å²) < 4.78 is 5.05. The van der Waals surface area contributed by atoms with E-state index in [0.717, 1.165) is 29.8 Å². The zero-order valence-electron chi connectivity index (χ0n) is 17.2. The average Bonchev–Trinajstić information content (AvgIpc) is 2.72. The van der Waals surface area contributed by atoms with Gasteiger partial charge in [0.15, 0.2) is 0 Å². The lowest BCUT2D eigenvalue weighted by Gasteiger charge is -2.32. The molecular formula is C22H28N4O3. The van der Waals surface area contributed by atoms with Crippen LogP contribution in [0.1, 0.15) is 41.4 Å². The number of likely N-dealkylation sites (tertiary alicyclic amines) is 1. The van der Waals surface area contributed by atoms with Gasteiger partial charge in [-0.05, 0) is 69.0 Å². The minimum atomic E-state index is -0.250. The Morgan fingerprint density at radius 1 is 1.10 bits per heavy atom. The number of benzene rings is 1. The number of aromatic nitrogens is 1. The van der Waals surface area contributed by atoms with E-state index in [4.69, 9.17) is 4.74 Å². The number of rotatable bonds is 5. The van der Waals surface area contributed by atoms with Gasteiger partial charge in [-0.25, -0.2) is 4.79 Å². The molecule has 0 atom stereocenters. The fourth-order valence-electron chi connectivity index (χ4n) is 3.32. The average molecular weight is 396 g/mol. The van der Waals surface area contributed by atoms with Crippen LogP contribution in [0, 0.1) is 13.8 Å². The summed E-state index contributed by atoms with van der Waals surface area (Å²) in [5.41, 5.74) is 4.27. The highest BCUT2D eigenvalue weighted by Gasteiger charge is 2.23. The van der Waals surface area contributed by atoms with Crippen LogP contribution in [0.3, 0.4) is 0 Å². The van der Waals surface area contributed by atoms with Crippen LogP contribution in [0.15, 0.2) is 36.5 Å². The summed E-state index contributed by atoms with van der Waals surface area (Å²) in [7, 11) is 0. The zero-order valence-corrected chi connectivity index (χ0v) is 17.2. The van der Waals surface area contributed by atoms with Gasteiger partial charge in [-0.1, -0.05) is 6.07 Å². The second kappa shape index (κ2) is 9.41. The third kappa shape index (κ3) is 5.47. The standard InChI is InChI=1S/C22H28N4O3/c1-4-29-22(28)26-11-8-17(9-12-26)24-19-7-10-23-20(14-19)21(27)25-18-6-5-15(2)16(3)13-18/h5-7,10,13-14,17H,4,8-9,11-12H2,1-3H3,(H,23,24)(H,25,27). The molecule has 1 aliphatic rings. The van der Waals surface area contributed by atoms with Crippen molar-refractivity contribution in [3.63, 3.8) is 0 Å². The first kappa shape index (κ1) is 20.6. The molecule has 7 heteroatoms. The number of carbonyl (C=O) groups is 2. The maximum Gasteiger partial charge on any atom is 0.409 e. The van der Waals surface area contributed by atoms with E-state index in [1.165, 1.54) is 5.56 Å². The van der Waals surface area contributed by atoms with E-state index in [9.17, 15) is 9.59 Å². The van der Waals surface area contributed by atoms with Crippen LogP contribution in [0.4, 0.5) is 16.2 Å². The van der Waals surface area contributed by atoms with Crippen molar-refractivity contribution in [1.82, 2.24) is 9.88 Å². The number of anilines is 2. The fraction of sp³-hybridized carbons (Fsp3) is 0.409. The zero-order chi connectivity index (χ0) is 20.8. The summed E-state index contributed by atoms with van der Waals surface area (Å²) in [6.07, 6.45) is 3.03. The molecular weight excluding hydrogens is 368 g/mol. The van der Waals surface area contributed by atoms with Crippen LogP contribution in [-0.4, -0.2) is 47.6 Å². The van der Waals surface area contributed by atoms with E-state index in [1.807, 2.05) is 45.0 Å². The van der Waals surface area contributed by atoms with Crippen LogP contribution in [0.5, 0.6) is 0 Å². The highest BCUT2D eigenvalue weighted by molar-refractivity contribution is 6.03. The quantitative estimate of drug-likeness (QED) is 0.799. The van der Waals surface area contributed by atoms with Gasteiger partial charge in [0.1, 0.15) is 5.69 Å². The van der Waals surface area contributed by atoms with E-state index < -0.39 is 0 Å². The third-order valence-electron chi connectivity index (χ3n) is 5.15. The lowest BCUT2D eigenvalue weighted by Crippen LogP contribution is -2.42. The fourth-order valence-corrected chi connectivity index (χ4v) is 3.32. The van der Waals surface area contributed by atoms with Gasteiger partial charge in [0.05, 0.1) is 6.61 Å². The maximum atomic E-state index is 12.6. The molecule has 3 rings (SSSR count). The number of nitrogens with one attached hydrogen (secondary N) is 2. The summed E-state index contributed by atoms with van der Waals surface area (Å²) in [4.78, 5) is 30.3. The second-order valence-electron chi connectivity index (χ2n) is 7.29. The Hall–Kier alpha value is -3.09. The van der Waals surface area contributed by atoms with Gasteiger partial charge in [-0.3, -0.25) is 9.78 Å². The summed E-state index contributed by atoms with van der Waals surface area (Å²) >= 11 is 0. The minimum absolute atomic E-state index is 0.235. The van der Waals surface area contributed by atoms with Crippen LogP contribution in [0.2, 0.25) is 0 Å². The Morgan fingerprint density at radius 3 is 2.55 bits per heavy atom. The Balaban J connectivity index is 1.57. The van der Waals surface area contributed by atoms with Crippen molar-refractivity contribution in [2.75, 3.05) is 30.3 Å². The van der Waals surface area contributed by atoms with E-state index in [2.05, 4.69) is 15.6 Å². The molecule has 0 unspecified atom stereocenters. The first-order valence-electron chi connectivity index (χ1n) is 9.99. The van der Waals surface area contributed by atoms with Gasteiger partial charge in [-0.15, -0.1) is 0 Å². The molecule has 1 aromatic carbocycles.